The highest BCUT2D eigenvalue weighted by Gasteiger charge is 2.08. The van der Waals surface area contributed by atoms with E-state index in [2.05, 4.69) is 10.3 Å². The zero-order chi connectivity index (χ0) is 17.3. The number of benzene rings is 2. The van der Waals surface area contributed by atoms with Gasteiger partial charge in [-0.05, 0) is 49.2 Å². The average molecular weight is 341 g/mol. The van der Waals surface area contributed by atoms with E-state index in [4.69, 9.17) is 11.6 Å². The van der Waals surface area contributed by atoms with Crippen LogP contribution in [0.25, 0.3) is 10.9 Å². The van der Waals surface area contributed by atoms with Gasteiger partial charge in [-0.25, -0.2) is 0 Å². The second kappa shape index (κ2) is 6.49. The topological polar surface area (TPSA) is 62.0 Å². The van der Waals surface area contributed by atoms with E-state index in [1.54, 1.807) is 25.1 Å². The molecule has 3 aromatic rings. The smallest absolute Gasteiger partial charge is 0.251 e. The van der Waals surface area contributed by atoms with Crippen molar-refractivity contribution in [2.45, 2.75) is 20.3 Å². The van der Waals surface area contributed by atoms with Crippen LogP contribution >= 0.6 is 11.6 Å². The first-order valence-electron chi connectivity index (χ1n) is 7.61. The maximum Gasteiger partial charge on any atom is 0.251 e. The van der Waals surface area contributed by atoms with Gasteiger partial charge in [-0.3, -0.25) is 9.59 Å². The summed E-state index contributed by atoms with van der Waals surface area (Å²) in [5.74, 6) is -0.122. The summed E-state index contributed by atoms with van der Waals surface area (Å²) in [5, 5.41) is 4.47. The second-order valence-corrected chi connectivity index (χ2v) is 6.25. The van der Waals surface area contributed by atoms with Crippen molar-refractivity contribution in [1.82, 2.24) is 4.98 Å². The molecule has 0 aliphatic carbocycles. The van der Waals surface area contributed by atoms with Gasteiger partial charge >= 0.3 is 0 Å². The van der Waals surface area contributed by atoms with Crippen LogP contribution in [0.1, 0.15) is 16.7 Å². The van der Waals surface area contributed by atoms with Gasteiger partial charge in [0.05, 0.1) is 11.9 Å². The van der Waals surface area contributed by atoms with Crippen molar-refractivity contribution in [3.8, 4) is 0 Å². The monoisotopic (exact) mass is 340 g/mol. The molecule has 0 aliphatic heterocycles. The maximum absolute atomic E-state index is 12.2. The predicted octanol–water partition coefficient (Wildman–Crippen LogP) is 3.98. The Hall–Kier alpha value is -2.59. The molecule has 2 N–H and O–H groups in total. The van der Waals surface area contributed by atoms with E-state index >= 15 is 0 Å². The number of carbonyl (C=O) groups excluding carboxylic acids is 1. The van der Waals surface area contributed by atoms with Gasteiger partial charge in [0.2, 0.25) is 5.91 Å². The van der Waals surface area contributed by atoms with E-state index < -0.39 is 0 Å². The Balaban J connectivity index is 1.82. The lowest BCUT2D eigenvalue weighted by Crippen LogP contribution is -2.15. The van der Waals surface area contributed by atoms with Crippen LogP contribution in [0.2, 0.25) is 5.02 Å². The molecule has 1 heterocycles. The van der Waals surface area contributed by atoms with Gasteiger partial charge in [-0.2, -0.15) is 0 Å². The van der Waals surface area contributed by atoms with Crippen molar-refractivity contribution in [2.24, 2.45) is 0 Å². The standard InChI is InChI=1S/C19H17ClN2O2/c1-11-12(2)19(24)22-17-10-15(7-8-16(11)17)21-18(23)9-13-3-5-14(20)6-4-13/h3-8,10H,9H2,1-2H3,(H,21,23)(H,22,24). The number of pyridine rings is 1. The molecule has 0 bridgehead atoms. The van der Waals surface area contributed by atoms with Crippen LogP contribution < -0.4 is 10.9 Å². The first kappa shape index (κ1) is 16.3. The Labute approximate surface area is 144 Å². The molecule has 2 aromatic carbocycles. The number of H-pyrrole nitrogens is 1. The predicted molar refractivity (Wildman–Crippen MR) is 97.8 cm³/mol. The molecule has 1 amide bonds. The Morgan fingerprint density at radius 3 is 2.50 bits per heavy atom. The summed E-state index contributed by atoms with van der Waals surface area (Å²) in [4.78, 5) is 26.9. The van der Waals surface area contributed by atoms with Crippen molar-refractivity contribution in [2.75, 3.05) is 5.32 Å². The first-order chi connectivity index (χ1) is 11.4. The normalized spacial score (nSPS) is 10.8. The summed E-state index contributed by atoms with van der Waals surface area (Å²) in [5.41, 5.74) is 3.81. The molecular formula is C19H17ClN2O2. The fourth-order valence-electron chi connectivity index (χ4n) is 2.63. The van der Waals surface area contributed by atoms with E-state index in [9.17, 15) is 9.59 Å². The number of halogens is 1. The van der Waals surface area contributed by atoms with Crippen LogP contribution in [-0.4, -0.2) is 10.9 Å². The zero-order valence-electron chi connectivity index (χ0n) is 13.4. The van der Waals surface area contributed by atoms with Gasteiger partial charge in [0.1, 0.15) is 0 Å². The lowest BCUT2D eigenvalue weighted by molar-refractivity contribution is -0.115. The Morgan fingerprint density at radius 1 is 1.08 bits per heavy atom. The summed E-state index contributed by atoms with van der Waals surface area (Å²) in [7, 11) is 0. The minimum Gasteiger partial charge on any atom is -0.326 e. The molecule has 0 fully saturated rings. The number of nitrogens with one attached hydrogen (secondary N) is 2. The number of aromatic nitrogens is 1. The van der Waals surface area contributed by atoms with Crippen LogP contribution in [0.4, 0.5) is 5.69 Å². The van der Waals surface area contributed by atoms with Crippen molar-refractivity contribution < 1.29 is 4.79 Å². The van der Waals surface area contributed by atoms with E-state index in [1.165, 1.54) is 0 Å². The fourth-order valence-corrected chi connectivity index (χ4v) is 2.76. The van der Waals surface area contributed by atoms with Crippen molar-refractivity contribution >= 4 is 34.1 Å². The van der Waals surface area contributed by atoms with Gasteiger partial charge < -0.3 is 10.3 Å². The summed E-state index contributed by atoms with van der Waals surface area (Å²) < 4.78 is 0. The van der Waals surface area contributed by atoms with Gasteiger partial charge in [0.15, 0.2) is 0 Å². The molecule has 1 aromatic heterocycles. The first-order valence-corrected chi connectivity index (χ1v) is 7.99. The number of fused-ring (bicyclic) bond motifs is 1. The molecule has 24 heavy (non-hydrogen) atoms. The third-order valence-corrected chi connectivity index (χ3v) is 4.39. The molecular weight excluding hydrogens is 324 g/mol. The number of aromatic amines is 1. The molecule has 0 aliphatic rings. The second-order valence-electron chi connectivity index (χ2n) is 5.82. The van der Waals surface area contributed by atoms with E-state index in [0.29, 0.717) is 21.8 Å². The average Bonchev–Trinajstić information content (AvgIpc) is 2.55. The number of anilines is 1. The minimum atomic E-state index is -0.122. The Kier molecular flexibility index (Phi) is 4.40. The van der Waals surface area contributed by atoms with Crippen LogP contribution in [0.15, 0.2) is 47.3 Å². The number of carbonyl (C=O) groups is 1. The summed E-state index contributed by atoms with van der Waals surface area (Å²) in [6, 6.07) is 12.7. The SMILES string of the molecule is Cc1c(C)c2ccc(NC(=O)Cc3ccc(Cl)cc3)cc2[nH]c1=O. The molecule has 0 saturated heterocycles. The van der Waals surface area contributed by atoms with Crippen LogP contribution in [0, 0.1) is 13.8 Å². The Bertz CT molecular complexity index is 975. The number of amides is 1. The molecule has 122 valence electrons. The number of aryl methyl sites for hydroxylation is 1. The van der Waals surface area contributed by atoms with Gasteiger partial charge in [0, 0.05) is 21.7 Å². The maximum atomic E-state index is 12.2. The molecule has 0 unspecified atom stereocenters. The molecule has 0 spiro atoms. The third kappa shape index (κ3) is 3.34. The van der Waals surface area contributed by atoms with E-state index in [1.807, 2.05) is 31.2 Å². The minimum absolute atomic E-state index is 0.107. The highest BCUT2D eigenvalue weighted by molar-refractivity contribution is 6.30. The number of rotatable bonds is 3. The van der Waals surface area contributed by atoms with Crippen molar-refractivity contribution in [1.29, 1.82) is 0 Å². The van der Waals surface area contributed by atoms with E-state index in [0.717, 1.165) is 16.5 Å². The quantitative estimate of drug-likeness (QED) is 0.757. The molecule has 0 atom stereocenters. The van der Waals surface area contributed by atoms with E-state index in [-0.39, 0.29) is 17.9 Å². The number of hydrogen-bond acceptors (Lipinski definition) is 2. The molecule has 0 radical (unpaired) electrons. The van der Waals surface area contributed by atoms with Gasteiger partial charge in [-0.1, -0.05) is 29.8 Å². The molecule has 5 heteroatoms. The fraction of sp³-hybridized carbons (Fsp3) is 0.158. The van der Waals surface area contributed by atoms with Gasteiger partial charge in [0.25, 0.3) is 5.56 Å². The van der Waals surface area contributed by atoms with Crippen LogP contribution in [-0.2, 0) is 11.2 Å². The van der Waals surface area contributed by atoms with Crippen LogP contribution in [0.3, 0.4) is 0 Å². The third-order valence-electron chi connectivity index (χ3n) is 4.14. The Morgan fingerprint density at radius 2 is 1.79 bits per heavy atom. The lowest BCUT2D eigenvalue weighted by atomic mass is 10.1. The lowest BCUT2D eigenvalue weighted by Gasteiger charge is -2.09. The summed E-state index contributed by atoms with van der Waals surface area (Å²) >= 11 is 5.84. The van der Waals surface area contributed by atoms with Crippen LogP contribution in [0.5, 0.6) is 0 Å². The molecule has 3 rings (SSSR count). The largest absolute Gasteiger partial charge is 0.326 e. The zero-order valence-corrected chi connectivity index (χ0v) is 14.2. The summed E-state index contributed by atoms with van der Waals surface area (Å²) in [6.45, 7) is 3.72. The highest BCUT2D eigenvalue weighted by atomic mass is 35.5. The number of hydrogen-bond donors (Lipinski definition) is 2. The van der Waals surface area contributed by atoms with Crippen molar-refractivity contribution in [3.05, 3.63) is 74.5 Å². The molecule has 0 saturated carbocycles. The molecule has 4 nitrogen and oxygen atoms in total. The van der Waals surface area contributed by atoms with Crippen molar-refractivity contribution in [3.63, 3.8) is 0 Å². The van der Waals surface area contributed by atoms with Gasteiger partial charge in [-0.15, -0.1) is 0 Å². The highest BCUT2D eigenvalue weighted by Crippen LogP contribution is 2.21. The summed E-state index contributed by atoms with van der Waals surface area (Å²) in [6.07, 6.45) is 0.263.